The maximum absolute atomic E-state index is 12.8. The molecule has 0 spiro atoms. The highest BCUT2D eigenvalue weighted by Crippen LogP contribution is 2.29. The minimum atomic E-state index is -0.371. The number of fused-ring (bicyclic) bond motifs is 2. The summed E-state index contributed by atoms with van der Waals surface area (Å²) in [5, 5.41) is 4.74. The summed E-state index contributed by atoms with van der Waals surface area (Å²) in [6.07, 6.45) is 1.61. The van der Waals surface area contributed by atoms with Crippen LogP contribution in [0.3, 0.4) is 0 Å². The van der Waals surface area contributed by atoms with Crippen molar-refractivity contribution < 1.29 is 24.1 Å². The number of rotatable bonds is 5. The normalized spacial score (nSPS) is 14.7. The van der Waals surface area contributed by atoms with Gasteiger partial charge < -0.3 is 15.1 Å². The zero-order valence-corrected chi connectivity index (χ0v) is 16.1. The van der Waals surface area contributed by atoms with Crippen LogP contribution in [-0.4, -0.2) is 23.5 Å². The van der Waals surface area contributed by atoms with Crippen LogP contribution in [0.2, 0.25) is 0 Å². The number of hydrogen-bond acceptors (Lipinski definition) is 4. The number of hydrogen-bond donors (Lipinski definition) is 2. The number of anilines is 1. The van der Waals surface area contributed by atoms with Crippen molar-refractivity contribution in [3.8, 4) is 0 Å². The molecule has 2 atom stereocenters. The SMILES string of the molecule is C[C@H]([NH2+][C@H](C)C(=O)Nc1ccc2c(c1)C(=O)c1ccccc1C2=O)c1ccco1. The monoisotopic (exact) mass is 389 g/mol. The van der Waals surface area contributed by atoms with Crippen LogP contribution in [-0.2, 0) is 4.79 Å². The Bertz CT molecular complexity index is 1100. The van der Waals surface area contributed by atoms with E-state index in [0.717, 1.165) is 5.76 Å². The smallest absolute Gasteiger partial charge is 0.282 e. The predicted molar refractivity (Wildman–Crippen MR) is 107 cm³/mol. The fraction of sp³-hybridized carbons (Fsp3) is 0.174. The van der Waals surface area contributed by atoms with E-state index < -0.39 is 0 Å². The number of carbonyl (C=O) groups excluding carboxylic acids is 3. The number of carbonyl (C=O) groups is 3. The van der Waals surface area contributed by atoms with Gasteiger partial charge >= 0.3 is 0 Å². The van der Waals surface area contributed by atoms with Crippen molar-refractivity contribution in [3.63, 3.8) is 0 Å². The van der Waals surface area contributed by atoms with E-state index in [2.05, 4.69) is 5.32 Å². The average molecular weight is 389 g/mol. The molecule has 4 rings (SSSR count). The fourth-order valence-electron chi connectivity index (χ4n) is 3.60. The third kappa shape index (κ3) is 3.50. The molecule has 0 aliphatic heterocycles. The molecule has 29 heavy (non-hydrogen) atoms. The van der Waals surface area contributed by atoms with Gasteiger partial charge in [-0.2, -0.15) is 0 Å². The van der Waals surface area contributed by atoms with Crippen LogP contribution in [0, 0.1) is 0 Å². The quantitative estimate of drug-likeness (QED) is 0.549. The number of furan rings is 1. The molecule has 1 aromatic heterocycles. The lowest BCUT2D eigenvalue weighted by molar-refractivity contribution is -0.711. The van der Waals surface area contributed by atoms with Crippen molar-refractivity contribution in [3.05, 3.63) is 88.9 Å². The summed E-state index contributed by atoms with van der Waals surface area (Å²) in [6, 6.07) is 14.9. The Hall–Kier alpha value is -3.51. The first-order valence-corrected chi connectivity index (χ1v) is 9.47. The number of nitrogens with one attached hydrogen (secondary N) is 1. The molecule has 0 radical (unpaired) electrons. The van der Waals surface area contributed by atoms with Crippen LogP contribution in [0.15, 0.2) is 65.3 Å². The molecule has 2 aromatic carbocycles. The summed E-state index contributed by atoms with van der Waals surface area (Å²) in [6.45, 7) is 3.77. The van der Waals surface area contributed by atoms with Gasteiger partial charge in [-0.1, -0.05) is 24.3 Å². The average Bonchev–Trinajstić information content (AvgIpc) is 3.27. The third-order valence-electron chi connectivity index (χ3n) is 5.18. The van der Waals surface area contributed by atoms with Crippen molar-refractivity contribution >= 4 is 23.2 Å². The van der Waals surface area contributed by atoms with E-state index in [0.29, 0.717) is 27.9 Å². The van der Waals surface area contributed by atoms with E-state index in [9.17, 15) is 14.4 Å². The van der Waals surface area contributed by atoms with Crippen LogP contribution >= 0.6 is 0 Å². The highest BCUT2D eigenvalue weighted by atomic mass is 16.3. The molecule has 0 bridgehead atoms. The highest BCUT2D eigenvalue weighted by Gasteiger charge is 2.30. The first-order valence-electron chi connectivity index (χ1n) is 9.47. The molecule has 0 saturated carbocycles. The number of quaternary nitrogens is 1. The summed E-state index contributed by atoms with van der Waals surface area (Å²) >= 11 is 0. The van der Waals surface area contributed by atoms with Gasteiger partial charge in [0.25, 0.3) is 5.91 Å². The molecule has 3 aromatic rings. The van der Waals surface area contributed by atoms with E-state index >= 15 is 0 Å². The Morgan fingerprint density at radius 3 is 2.21 bits per heavy atom. The molecule has 1 heterocycles. The predicted octanol–water partition coefficient (Wildman–Crippen LogP) is 2.71. The van der Waals surface area contributed by atoms with Gasteiger partial charge in [0.2, 0.25) is 0 Å². The summed E-state index contributed by atoms with van der Waals surface area (Å²) in [5.74, 6) is 0.207. The molecular formula is C23H21N2O4+. The first kappa shape index (κ1) is 18.8. The van der Waals surface area contributed by atoms with Crippen LogP contribution in [0.5, 0.6) is 0 Å². The first-order chi connectivity index (χ1) is 14.0. The third-order valence-corrected chi connectivity index (χ3v) is 5.18. The Labute approximate surface area is 167 Å². The molecule has 6 nitrogen and oxygen atoms in total. The van der Waals surface area contributed by atoms with E-state index in [1.165, 1.54) is 0 Å². The van der Waals surface area contributed by atoms with Gasteiger partial charge in [-0.15, -0.1) is 0 Å². The zero-order valence-electron chi connectivity index (χ0n) is 16.1. The fourth-order valence-corrected chi connectivity index (χ4v) is 3.60. The number of nitrogens with two attached hydrogens (primary N) is 1. The minimum absolute atomic E-state index is 0.00927. The van der Waals surface area contributed by atoms with Gasteiger partial charge in [-0.05, 0) is 44.2 Å². The molecule has 3 N–H and O–H groups in total. The second-order valence-corrected chi connectivity index (χ2v) is 7.24. The van der Waals surface area contributed by atoms with Gasteiger partial charge in [0.15, 0.2) is 23.4 Å². The summed E-state index contributed by atoms with van der Waals surface area (Å²) in [7, 11) is 0. The van der Waals surface area contributed by atoms with Crippen LogP contribution in [0.4, 0.5) is 5.69 Å². The largest absolute Gasteiger partial charge is 0.463 e. The standard InChI is InChI=1S/C23H20N2O4/c1-13(20-8-5-11-29-20)24-14(2)23(28)25-15-9-10-18-19(12-15)22(27)17-7-4-3-6-16(17)21(18)26/h3-14,24H,1-2H3,(H,25,28)/p+1/t13-,14+/m0/s1. The number of ketones is 2. The topological polar surface area (TPSA) is 93.0 Å². The Balaban J connectivity index is 1.51. The molecule has 6 heteroatoms. The van der Waals surface area contributed by atoms with Gasteiger partial charge in [-0.25, -0.2) is 0 Å². The lowest BCUT2D eigenvalue weighted by atomic mass is 9.84. The van der Waals surface area contributed by atoms with E-state index in [4.69, 9.17) is 4.42 Å². The Kier molecular flexibility index (Phi) is 4.86. The Morgan fingerprint density at radius 2 is 1.55 bits per heavy atom. The minimum Gasteiger partial charge on any atom is -0.463 e. The maximum Gasteiger partial charge on any atom is 0.282 e. The van der Waals surface area contributed by atoms with Crippen LogP contribution in [0.25, 0.3) is 0 Å². The molecule has 1 aliphatic carbocycles. The molecule has 146 valence electrons. The van der Waals surface area contributed by atoms with Crippen molar-refractivity contribution in [1.29, 1.82) is 0 Å². The number of amides is 1. The van der Waals surface area contributed by atoms with Crippen molar-refractivity contribution in [2.45, 2.75) is 25.9 Å². The highest BCUT2D eigenvalue weighted by molar-refractivity contribution is 6.28. The van der Waals surface area contributed by atoms with Crippen LogP contribution in [0.1, 0.15) is 57.5 Å². The molecule has 0 unspecified atom stereocenters. The molecular weight excluding hydrogens is 368 g/mol. The van der Waals surface area contributed by atoms with Crippen molar-refractivity contribution in [2.75, 3.05) is 5.32 Å². The maximum atomic E-state index is 12.8. The summed E-state index contributed by atoms with van der Waals surface area (Å²) < 4.78 is 5.37. The molecule has 1 amide bonds. The van der Waals surface area contributed by atoms with Gasteiger partial charge in [0.1, 0.15) is 6.04 Å². The summed E-state index contributed by atoms with van der Waals surface area (Å²) in [4.78, 5) is 38.1. The molecule has 0 saturated heterocycles. The van der Waals surface area contributed by atoms with Gasteiger partial charge in [0, 0.05) is 27.9 Å². The van der Waals surface area contributed by atoms with Gasteiger partial charge in [-0.3, -0.25) is 14.4 Å². The van der Waals surface area contributed by atoms with Gasteiger partial charge in [0.05, 0.1) is 6.26 Å². The van der Waals surface area contributed by atoms with Crippen LogP contribution < -0.4 is 10.6 Å². The lowest BCUT2D eigenvalue weighted by Crippen LogP contribution is -2.91. The van der Waals surface area contributed by atoms with E-state index in [1.54, 1.807) is 55.7 Å². The summed E-state index contributed by atoms with van der Waals surface area (Å²) in [5.41, 5.74) is 1.96. The molecule has 0 fully saturated rings. The number of benzene rings is 2. The second-order valence-electron chi connectivity index (χ2n) is 7.24. The van der Waals surface area contributed by atoms with E-state index in [1.807, 2.05) is 24.4 Å². The Morgan fingerprint density at radius 1 is 0.897 bits per heavy atom. The van der Waals surface area contributed by atoms with E-state index in [-0.39, 0.29) is 29.6 Å². The lowest BCUT2D eigenvalue weighted by Gasteiger charge is -2.19. The van der Waals surface area contributed by atoms with Crippen molar-refractivity contribution in [2.24, 2.45) is 0 Å². The zero-order chi connectivity index (χ0) is 20.5. The second kappa shape index (κ2) is 7.48. The molecule has 1 aliphatic rings. The van der Waals surface area contributed by atoms with Crippen molar-refractivity contribution in [1.82, 2.24) is 0 Å².